The van der Waals surface area contributed by atoms with Gasteiger partial charge in [-0.15, -0.1) is 0 Å². The summed E-state index contributed by atoms with van der Waals surface area (Å²) in [5, 5.41) is 7.14. The highest BCUT2D eigenvalue weighted by molar-refractivity contribution is 4.91. The van der Waals surface area contributed by atoms with Gasteiger partial charge in [0.1, 0.15) is 0 Å². The van der Waals surface area contributed by atoms with E-state index in [0.29, 0.717) is 5.54 Å². The van der Waals surface area contributed by atoms with Crippen LogP contribution in [-0.4, -0.2) is 25.2 Å². The van der Waals surface area contributed by atoms with E-state index in [2.05, 4.69) is 24.5 Å². The molecule has 1 rings (SSSR count). The minimum absolute atomic E-state index is 0.376. The van der Waals surface area contributed by atoms with Gasteiger partial charge in [0.15, 0.2) is 0 Å². The number of unbranched alkanes of at least 4 members (excludes halogenated alkanes) is 7. The van der Waals surface area contributed by atoms with E-state index < -0.39 is 0 Å². The van der Waals surface area contributed by atoms with Crippen molar-refractivity contribution >= 4 is 0 Å². The van der Waals surface area contributed by atoms with Crippen LogP contribution in [-0.2, 0) is 0 Å². The van der Waals surface area contributed by atoms with E-state index in [0.717, 1.165) is 6.54 Å². The zero-order valence-corrected chi connectivity index (χ0v) is 12.0. The zero-order chi connectivity index (χ0) is 12.4. The predicted molar refractivity (Wildman–Crippen MR) is 76.5 cm³/mol. The first-order chi connectivity index (χ1) is 8.27. The Labute approximate surface area is 108 Å². The molecule has 102 valence electrons. The maximum Gasteiger partial charge on any atom is 0.0289 e. The second-order valence-corrected chi connectivity index (χ2v) is 5.89. The fourth-order valence-corrected chi connectivity index (χ4v) is 2.62. The van der Waals surface area contributed by atoms with Gasteiger partial charge >= 0.3 is 0 Å². The molecule has 0 aromatic rings. The van der Waals surface area contributed by atoms with Crippen molar-refractivity contribution in [1.82, 2.24) is 10.6 Å². The molecule has 0 aromatic carbocycles. The lowest BCUT2D eigenvalue weighted by Gasteiger charge is -2.24. The molecule has 1 heterocycles. The maximum absolute atomic E-state index is 3.71. The molecule has 1 aliphatic heterocycles. The smallest absolute Gasteiger partial charge is 0.0289 e. The molecule has 17 heavy (non-hydrogen) atoms. The Kier molecular flexibility index (Phi) is 7.87. The molecule has 0 amide bonds. The summed E-state index contributed by atoms with van der Waals surface area (Å²) in [6.45, 7) is 8.15. The summed E-state index contributed by atoms with van der Waals surface area (Å²) in [4.78, 5) is 0. The number of rotatable bonds is 10. The minimum Gasteiger partial charge on any atom is -0.315 e. The molecule has 0 spiro atoms. The molecule has 0 radical (unpaired) electrons. The molecule has 1 atom stereocenters. The van der Waals surface area contributed by atoms with Gasteiger partial charge in [0.25, 0.3) is 0 Å². The first-order valence-electron chi connectivity index (χ1n) is 7.72. The molecule has 0 saturated carbocycles. The van der Waals surface area contributed by atoms with Crippen LogP contribution in [0, 0.1) is 0 Å². The van der Waals surface area contributed by atoms with Crippen LogP contribution < -0.4 is 10.6 Å². The van der Waals surface area contributed by atoms with Gasteiger partial charge in [-0.3, -0.25) is 0 Å². The van der Waals surface area contributed by atoms with Crippen molar-refractivity contribution < 1.29 is 0 Å². The molecule has 1 saturated heterocycles. The molecule has 0 aromatic heterocycles. The van der Waals surface area contributed by atoms with E-state index in [9.17, 15) is 0 Å². The molecule has 2 nitrogen and oxygen atoms in total. The average Bonchev–Trinajstić information content (AvgIpc) is 2.74. The van der Waals surface area contributed by atoms with Crippen LogP contribution in [0.1, 0.15) is 71.6 Å². The lowest BCUT2D eigenvalue weighted by molar-refractivity contribution is 0.380. The van der Waals surface area contributed by atoms with Gasteiger partial charge in [-0.2, -0.15) is 0 Å². The van der Waals surface area contributed by atoms with Crippen molar-refractivity contribution in [2.45, 2.75) is 77.2 Å². The lowest BCUT2D eigenvalue weighted by atomic mass is 10.0. The number of hydrogen-bond donors (Lipinski definition) is 2. The summed E-state index contributed by atoms with van der Waals surface area (Å²) in [6.07, 6.45) is 12.6. The van der Waals surface area contributed by atoms with Crippen LogP contribution in [0.2, 0.25) is 0 Å². The van der Waals surface area contributed by atoms with Crippen LogP contribution >= 0.6 is 0 Å². The standard InChI is InChI=1S/C15H32N2/c1-3-4-5-6-7-8-9-10-12-17-15(2)11-13-16-14-15/h16-17H,3-14H2,1-2H3. The van der Waals surface area contributed by atoms with Crippen molar-refractivity contribution in [3.8, 4) is 0 Å². The molecule has 0 aliphatic carbocycles. The Balaban J connectivity index is 1.81. The van der Waals surface area contributed by atoms with E-state index in [-0.39, 0.29) is 0 Å². The minimum atomic E-state index is 0.376. The van der Waals surface area contributed by atoms with Crippen molar-refractivity contribution in [1.29, 1.82) is 0 Å². The van der Waals surface area contributed by atoms with E-state index in [1.165, 1.54) is 70.9 Å². The molecule has 1 unspecified atom stereocenters. The van der Waals surface area contributed by atoms with Crippen molar-refractivity contribution in [2.75, 3.05) is 19.6 Å². The van der Waals surface area contributed by atoms with Crippen LogP contribution in [0.15, 0.2) is 0 Å². The van der Waals surface area contributed by atoms with Crippen LogP contribution in [0.25, 0.3) is 0 Å². The third-order valence-electron chi connectivity index (χ3n) is 3.95. The Morgan fingerprint density at radius 3 is 2.24 bits per heavy atom. The zero-order valence-electron chi connectivity index (χ0n) is 12.0. The van der Waals surface area contributed by atoms with Gasteiger partial charge < -0.3 is 10.6 Å². The largest absolute Gasteiger partial charge is 0.315 e. The van der Waals surface area contributed by atoms with Crippen LogP contribution in [0.3, 0.4) is 0 Å². The highest BCUT2D eigenvalue weighted by Gasteiger charge is 2.26. The summed E-state index contributed by atoms with van der Waals surface area (Å²) >= 11 is 0. The van der Waals surface area contributed by atoms with E-state index >= 15 is 0 Å². The van der Waals surface area contributed by atoms with Gasteiger partial charge in [-0.25, -0.2) is 0 Å². The van der Waals surface area contributed by atoms with Crippen molar-refractivity contribution in [3.63, 3.8) is 0 Å². The summed E-state index contributed by atoms with van der Waals surface area (Å²) in [5.74, 6) is 0. The molecular weight excluding hydrogens is 208 g/mol. The number of hydrogen-bond acceptors (Lipinski definition) is 2. The SMILES string of the molecule is CCCCCCCCCCNC1(C)CCNC1. The third-order valence-corrected chi connectivity index (χ3v) is 3.95. The maximum atomic E-state index is 3.71. The fourth-order valence-electron chi connectivity index (χ4n) is 2.62. The lowest BCUT2D eigenvalue weighted by Crippen LogP contribution is -2.44. The van der Waals surface area contributed by atoms with E-state index in [1.54, 1.807) is 0 Å². The molecule has 2 heteroatoms. The molecule has 1 fully saturated rings. The Bertz CT molecular complexity index is 174. The number of nitrogens with one attached hydrogen (secondary N) is 2. The molecule has 2 N–H and O–H groups in total. The van der Waals surface area contributed by atoms with Gasteiger partial charge in [-0.05, 0) is 32.9 Å². The highest BCUT2D eigenvalue weighted by Crippen LogP contribution is 2.13. The van der Waals surface area contributed by atoms with Gasteiger partial charge in [0, 0.05) is 12.1 Å². The second kappa shape index (κ2) is 8.93. The Morgan fingerprint density at radius 2 is 1.65 bits per heavy atom. The third kappa shape index (κ3) is 7.05. The van der Waals surface area contributed by atoms with Crippen LogP contribution in [0.4, 0.5) is 0 Å². The van der Waals surface area contributed by atoms with E-state index in [4.69, 9.17) is 0 Å². The average molecular weight is 240 g/mol. The van der Waals surface area contributed by atoms with E-state index in [1.807, 2.05) is 0 Å². The molecular formula is C15H32N2. The topological polar surface area (TPSA) is 24.1 Å². The fraction of sp³-hybridized carbons (Fsp3) is 1.00. The Hall–Kier alpha value is -0.0800. The summed E-state index contributed by atoms with van der Waals surface area (Å²) in [6, 6.07) is 0. The molecule has 0 bridgehead atoms. The van der Waals surface area contributed by atoms with Gasteiger partial charge in [0.05, 0.1) is 0 Å². The molecule has 1 aliphatic rings. The van der Waals surface area contributed by atoms with Crippen LogP contribution in [0.5, 0.6) is 0 Å². The van der Waals surface area contributed by atoms with Crippen molar-refractivity contribution in [2.24, 2.45) is 0 Å². The Morgan fingerprint density at radius 1 is 1.00 bits per heavy atom. The quantitative estimate of drug-likeness (QED) is 0.571. The summed E-state index contributed by atoms with van der Waals surface area (Å²) < 4.78 is 0. The first kappa shape index (κ1) is 15.0. The first-order valence-corrected chi connectivity index (χ1v) is 7.72. The summed E-state index contributed by atoms with van der Waals surface area (Å²) in [7, 11) is 0. The van der Waals surface area contributed by atoms with Gasteiger partial charge in [0.2, 0.25) is 0 Å². The monoisotopic (exact) mass is 240 g/mol. The summed E-state index contributed by atoms with van der Waals surface area (Å²) in [5.41, 5.74) is 0.376. The predicted octanol–water partition coefficient (Wildman–Crippen LogP) is 3.47. The second-order valence-electron chi connectivity index (χ2n) is 5.89. The van der Waals surface area contributed by atoms with Gasteiger partial charge in [-0.1, -0.05) is 51.9 Å². The normalized spacial score (nSPS) is 24.4. The highest BCUT2D eigenvalue weighted by atomic mass is 15.1. The van der Waals surface area contributed by atoms with Crippen molar-refractivity contribution in [3.05, 3.63) is 0 Å².